The van der Waals surface area contributed by atoms with E-state index in [2.05, 4.69) is 0 Å². The molecule has 0 aliphatic heterocycles. The molecule has 0 heterocycles. The van der Waals surface area contributed by atoms with E-state index in [0.29, 0.717) is 33.7 Å². The van der Waals surface area contributed by atoms with E-state index in [1.165, 1.54) is 4.31 Å². The quantitative estimate of drug-likeness (QED) is 0.755. The van der Waals surface area contributed by atoms with Crippen molar-refractivity contribution in [2.75, 3.05) is 17.2 Å². The summed E-state index contributed by atoms with van der Waals surface area (Å²) in [6.07, 6.45) is 1.14. The topological polar surface area (TPSA) is 46.6 Å². The first-order valence-corrected chi connectivity index (χ1v) is 9.57. The maximum atomic E-state index is 12.3. The van der Waals surface area contributed by atoms with Crippen LogP contribution >= 0.6 is 23.2 Å². The summed E-state index contributed by atoms with van der Waals surface area (Å²) >= 11 is 12.3. The minimum atomic E-state index is -3.55. The van der Waals surface area contributed by atoms with E-state index in [9.17, 15) is 8.42 Å². The van der Waals surface area contributed by atoms with E-state index in [0.717, 1.165) is 6.26 Å². The van der Waals surface area contributed by atoms with Gasteiger partial charge in [-0.05, 0) is 31.2 Å². The molecule has 2 rings (SSSR count). The summed E-state index contributed by atoms with van der Waals surface area (Å²) < 4.78 is 31.4. The fourth-order valence-corrected chi connectivity index (χ4v) is 3.54. The van der Waals surface area contributed by atoms with Crippen molar-refractivity contribution < 1.29 is 13.2 Å². The molecular formula is C16H17Cl2NO3S. The zero-order valence-corrected chi connectivity index (χ0v) is 15.1. The monoisotopic (exact) mass is 373 g/mol. The molecule has 2 aromatic rings. The number of para-hydroxylation sites is 2. The summed E-state index contributed by atoms with van der Waals surface area (Å²) in [6, 6.07) is 12.0. The fraction of sp³-hybridized carbons (Fsp3) is 0.250. The van der Waals surface area contributed by atoms with Crippen LogP contribution in [0.2, 0.25) is 10.0 Å². The highest BCUT2D eigenvalue weighted by Gasteiger charge is 2.23. The van der Waals surface area contributed by atoms with E-state index in [4.69, 9.17) is 27.9 Å². The van der Waals surface area contributed by atoms with Crippen molar-refractivity contribution in [1.29, 1.82) is 0 Å². The predicted octanol–water partition coefficient (Wildman–Crippen LogP) is 4.36. The Labute approximate surface area is 146 Å². The highest BCUT2D eigenvalue weighted by atomic mass is 35.5. The van der Waals surface area contributed by atoms with Crippen LogP contribution in [0.1, 0.15) is 12.5 Å². The Morgan fingerprint density at radius 3 is 2.22 bits per heavy atom. The van der Waals surface area contributed by atoms with Crippen LogP contribution in [0.4, 0.5) is 5.69 Å². The molecule has 0 saturated carbocycles. The maximum Gasteiger partial charge on any atom is 0.232 e. The van der Waals surface area contributed by atoms with Gasteiger partial charge in [0.05, 0.1) is 25.1 Å². The molecule has 0 amide bonds. The Balaban J connectivity index is 2.52. The molecule has 124 valence electrons. The first-order valence-electron chi connectivity index (χ1n) is 6.97. The maximum absolute atomic E-state index is 12.3. The molecule has 23 heavy (non-hydrogen) atoms. The van der Waals surface area contributed by atoms with Gasteiger partial charge in [0.2, 0.25) is 10.0 Å². The van der Waals surface area contributed by atoms with Gasteiger partial charge in [-0.1, -0.05) is 41.4 Å². The van der Waals surface area contributed by atoms with Gasteiger partial charge in [0.1, 0.15) is 5.75 Å². The molecule has 0 unspecified atom stereocenters. The van der Waals surface area contributed by atoms with Crippen LogP contribution in [0, 0.1) is 0 Å². The third kappa shape index (κ3) is 4.31. The molecule has 0 atom stereocenters. The number of nitrogens with zero attached hydrogens (tertiary/aromatic N) is 1. The summed E-state index contributed by atoms with van der Waals surface area (Å²) in [5.74, 6) is 0.489. The molecule has 0 radical (unpaired) electrons. The zero-order chi connectivity index (χ0) is 17.0. The Morgan fingerprint density at radius 1 is 1.04 bits per heavy atom. The van der Waals surface area contributed by atoms with Gasteiger partial charge < -0.3 is 4.74 Å². The van der Waals surface area contributed by atoms with Gasteiger partial charge in [0.25, 0.3) is 0 Å². The average molecular weight is 374 g/mol. The summed E-state index contributed by atoms with van der Waals surface area (Å²) in [5.41, 5.74) is 1.00. The highest BCUT2D eigenvalue weighted by Crippen LogP contribution is 2.34. The van der Waals surface area contributed by atoms with Gasteiger partial charge in [-0.25, -0.2) is 8.42 Å². The standard InChI is InChI=1S/C16H17Cl2NO3S/c1-3-22-16-10-5-4-9-15(16)19(23(2,20)21)11-12-13(17)7-6-8-14(12)18/h4-10H,3,11H2,1-2H3. The van der Waals surface area contributed by atoms with Gasteiger partial charge >= 0.3 is 0 Å². The number of sulfonamides is 1. The number of hydrogen-bond donors (Lipinski definition) is 0. The van der Waals surface area contributed by atoms with Crippen LogP contribution in [0.25, 0.3) is 0 Å². The van der Waals surface area contributed by atoms with Crippen molar-refractivity contribution in [2.24, 2.45) is 0 Å². The van der Waals surface area contributed by atoms with Crippen molar-refractivity contribution >= 4 is 38.9 Å². The molecule has 0 spiro atoms. The number of anilines is 1. The normalized spacial score (nSPS) is 11.3. The number of halogens is 2. The van der Waals surface area contributed by atoms with Crippen molar-refractivity contribution in [2.45, 2.75) is 13.5 Å². The molecule has 0 saturated heterocycles. The van der Waals surface area contributed by atoms with E-state index < -0.39 is 10.0 Å². The Bertz CT molecular complexity index is 773. The number of rotatable bonds is 6. The lowest BCUT2D eigenvalue weighted by Crippen LogP contribution is -2.30. The van der Waals surface area contributed by atoms with Crippen LogP contribution in [0.15, 0.2) is 42.5 Å². The predicted molar refractivity (Wildman–Crippen MR) is 95.1 cm³/mol. The van der Waals surface area contributed by atoms with Crippen molar-refractivity contribution in [3.63, 3.8) is 0 Å². The van der Waals surface area contributed by atoms with E-state index in [1.807, 2.05) is 6.92 Å². The van der Waals surface area contributed by atoms with Crippen molar-refractivity contribution in [1.82, 2.24) is 0 Å². The summed E-state index contributed by atoms with van der Waals surface area (Å²) in [7, 11) is -3.55. The first-order chi connectivity index (χ1) is 10.8. The average Bonchev–Trinajstić information content (AvgIpc) is 2.47. The molecule has 2 aromatic carbocycles. The van der Waals surface area contributed by atoms with Gasteiger partial charge in [0.15, 0.2) is 0 Å². The number of ether oxygens (including phenoxy) is 1. The fourth-order valence-electron chi connectivity index (χ4n) is 2.15. The largest absolute Gasteiger partial charge is 0.492 e. The molecule has 0 aliphatic rings. The van der Waals surface area contributed by atoms with Gasteiger partial charge in [-0.3, -0.25) is 4.31 Å². The van der Waals surface area contributed by atoms with Crippen LogP contribution in [-0.4, -0.2) is 21.3 Å². The summed E-state index contributed by atoms with van der Waals surface area (Å²) in [6.45, 7) is 2.30. The minimum Gasteiger partial charge on any atom is -0.492 e. The van der Waals surface area contributed by atoms with Crippen LogP contribution in [0.5, 0.6) is 5.75 Å². The molecule has 0 aliphatic carbocycles. The summed E-state index contributed by atoms with van der Waals surface area (Å²) in [4.78, 5) is 0. The van der Waals surface area contributed by atoms with Gasteiger partial charge in [-0.15, -0.1) is 0 Å². The third-order valence-corrected chi connectivity index (χ3v) is 5.03. The zero-order valence-electron chi connectivity index (χ0n) is 12.8. The molecule has 7 heteroatoms. The Hall–Kier alpha value is -1.43. The molecule has 4 nitrogen and oxygen atoms in total. The minimum absolute atomic E-state index is 0.0292. The first kappa shape index (κ1) is 17.9. The van der Waals surface area contributed by atoms with Gasteiger partial charge in [-0.2, -0.15) is 0 Å². The number of hydrogen-bond acceptors (Lipinski definition) is 3. The van der Waals surface area contributed by atoms with Crippen LogP contribution in [0.3, 0.4) is 0 Å². The van der Waals surface area contributed by atoms with Crippen LogP contribution in [-0.2, 0) is 16.6 Å². The number of benzene rings is 2. The lowest BCUT2D eigenvalue weighted by Gasteiger charge is -2.25. The Morgan fingerprint density at radius 2 is 1.65 bits per heavy atom. The molecule has 0 bridgehead atoms. The van der Waals surface area contributed by atoms with Crippen LogP contribution < -0.4 is 9.04 Å². The molecular weight excluding hydrogens is 357 g/mol. The lowest BCUT2D eigenvalue weighted by molar-refractivity contribution is 0.341. The van der Waals surface area contributed by atoms with E-state index >= 15 is 0 Å². The van der Waals surface area contributed by atoms with E-state index in [1.54, 1.807) is 42.5 Å². The van der Waals surface area contributed by atoms with Crippen molar-refractivity contribution in [3.05, 3.63) is 58.1 Å². The molecule has 0 fully saturated rings. The second-order valence-corrected chi connectivity index (χ2v) is 7.59. The molecule has 0 aromatic heterocycles. The van der Waals surface area contributed by atoms with Crippen molar-refractivity contribution in [3.8, 4) is 5.75 Å². The Kier molecular flexibility index (Phi) is 5.79. The SMILES string of the molecule is CCOc1ccccc1N(Cc1c(Cl)cccc1Cl)S(C)(=O)=O. The molecule has 0 N–H and O–H groups in total. The highest BCUT2D eigenvalue weighted by molar-refractivity contribution is 7.92. The van der Waals surface area contributed by atoms with E-state index in [-0.39, 0.29) is 6.54 Å². The second kappa shape index (κ2) is 7.43. The second-order valence-electron chi connectivity index (χ2n) is 4.87. The third-order valence-electron chi connectivity index (χ3n) is 3.20. The lowest BCUT2D eigenvalue weighted by atomic mass is 10.2. The van der Waals surface area contributed by atoms with Gasteiger partial charge in [0, 0.05) is 15.6 Å². The summed E-state index contributed by atoms with van der Waals surface area (Å²) in [5, 5.41) is 0.833. The smallest absolute Gasteiger partial charge is 0.232 e.